The number of nitrogens with zero attached hydrogens (tertiary/aromatic N) is 2. The van der Waals surface area contributed by atoms with Crippen molar-refractivity contribution in [1.82, 2.24) is 9.80 Å². The maximum Gasteiger partial charge on any atom is 0.338 e. The fourth-order valence-electron chi connectivity index (χ4n) is 4.28. The Bertz CT molecular complexity index is 654. The van der Waals surface area contributed by atoms with Gasteiger partial charge in [-0.25, -0.2) is 9.69 Å². The molecule has 24 heavy (non-hydrogen) atoms. The highest BCUT2D eigenvalue weighted by Crippen LogP contribution is 2.28. The minimum atomic E-state index is -0.642. The average Bonchev–Trinajstić information content (AvgIpc) is 3.33. The molecule has 2 aliphatic heterocycles. The Morgan fingerprint density at radius 1 is 1.08 bits per heavy atom. The van der Waals surface area contributed by atoms with Crippen LogP contribution in [0.15, 0.2) is 17.5 Å². The van der Waals surface area contributed by atoms with Crippen molar-refractivity contribution in [2.24, 2.45) is 0 Å². The second-order valence-electron chi connectivity index (χ2n) is 6.91. The summed E-state index contributed by atoms with van der Waals surface area (Å²) in [7, 11) is 0. The van der Waals surface area contributed by atoms with Gasteiger partial charge in [-0.15, -0.1) is 11.3 Å². The molecule has 0 bridgehead atoms. The predicted octanol–water partition coefficient (Wildman–Crippen LogP) is 1.16. The molecule has 3 fully saturated rings. The molecule has 1 saturated carbocycles. The number of hydrogen-bond acceptors (Lipinski definition) is 4. The number of carbonyl (C=O) groups is 3. The van der Waals surface area contributed by atoms with Crippen LogP contribution in [0, 0.1) is 0 Å². The summed E-state index contributed by atoms with van der Waals surface area (Å²) in [6, 6.07) is 3.99. The first-order chi connectivity index (χ1) is 11.7. The summed E-state index contributed by atoms with van der Waals surface area (Å²) in [6.07, 6.45) is 5.84. The zero-order valence-electron chi connectivity index (χ0n) is 13.6. The van der Waals surface area contributed by atoms with E-state index < -0.39 is 17.8 Å². The summed E-state index contributed by atoms with van der Waals surface area (Å²) in [5, 5.41) is 2.06. The van der Waals surface area contributed by atoms with Crippen molar-refractivity contribution in [1.29, 1.82) is 0 Å². The minimum absolute atomic E-state index is 0.0828. The summed E-state index contributed by atoms with van der Waals surface area (Å²) < 4.78 is 0. The van der Waals surface area contributed by atoms with Gasteiger partial charge in [0.25, 0.3) is 0 Å². The van der Waals surface area contributed by atoms with Crippen LogP contribution in [0.3, 0.4) is 0 Å². The van der Waals surface area contributed by atoms with E-state index in [2.05, 4.69) is 11.4 Å². The Hall–Kier alpha value is -1.73. The fraction of sp³-hybridized carbons (Fsp3) is 0.588. The van der Waals surface area contributed by atoms with Crippen LogP contribution in [0.2, 0.25) is 0 Å². The lowest BCUT2D eigenvalue weighted by Gasteiger charge is -2.25. The lowest BCUT2D eigenvalue weighted by atomic mass is 10.2. The SMILES string of the molecule is O=C1C(=O)N(C2CCCC2)C(=O)N1C[NH+]1CCC[C@H]1c1cccs1. The first-order valence-electron chi connectivity index (χ1n) is 8.74. The van der Waals surface area contributed by atoms with Gasteiger partial charge in [0.1, 0.15) is 6.04 Å². The van der Waals surface area contributed by atoms with Crippen LogP contribution in [-0.4, -0.2) is 46.9 Å². The summed E-state index contributed by atoms with van der Waals surface area (Å²) in [5.41, 5.74) is 0. The van der Waals surface area contributed by atoms with Gasteiger partial charge in [-0.1, -0.05) is 18.9 Å². The first-order valence-corrected chi connectivity index (χ1v) is 9.62. The summed E-state index contributed by atoms with van der Waals surface area (Å²) in [4.78, 5) is 42.3. The molecule has 7 heteroatoms. The molecule has 2 saturated heterocycles. The number of quaternary nitrogens is 1. The zero-order valence-corrected chi connectivity index (χ0v) is 14.4. The Balaban J connectivity index is 1.50. The van der Waals surface area contributed by atoms with Crippen LogP contribution in [0.1, 0.15) is 49.4 Å². The Morgan fingerprint density at radius 2 is 1.88 bits per heavy atom. The molecule has 1 aromatic rings. The third-order valence-electron chi connectivity index (χ3n) is 5.51. The number of thiophene rings is 1. The van der Waals surface area contributed by atoms with E-state index in [0.29, 0.717) is 12.7 Å². The van der Waals surface area contributed by atoms with Crippen LogP contribution in [0.5, 0.6) is 0 Å². The topological polar surface area (TPSA) is 62.1 Å². The van der Waals surface area contributed by atoms with Gasteiger partial charge in [-0.2, -0.15) is 0 Å². The Morgan fingerprint density at radius 3 is 2.58 bits per heavy atom. The summed E-state index contributed by atoms with van der Waals surface area (Å²) in [5.74, 6) is -1.27. The molecular weight excluding hydrogens is 326 g/mol. The molecule has 3 aliphatic rings. The van der Waals surface area contributed by atoms with E-state index in [4.69, 9.17) is 0 Å². The van der Waals surface area contributed by atoms with Gasteiger partial charge in [0.05, 0.1) is 11.4 Å². The molecule has 4 rings (SSSR count). The maximum atomic E-state index is 12.7. The van der Waals surface area contributed by atoms with E-state index in [1.807, 2.05) is 6.07 Å². The molecule has 3 heterocycles. The molecule has 1 aromatic heterocycles. The van der Waals surface area contributed by atoms with Crippen molar-refractivity contribution in [3.63, 3.8) is 0 Å². The van der Waals surface area contributed by atoms with E-state index in [0.717, 1.165) is 45.1 Å². The highest BCUT2D eigenvalue weighted by atomic mass is 32.1. The van der Waals surface area contributed by atoms with Gasteiger partial charge in [-0.3, -0.25) is 14.5 Å². The minimum Gasteiger partial charge on any atom is -0.310 e. The molecule has 0 aromatic carbocycles. The third-order valence-corrected chi connectivity index (χ3v) is 6.49. The van der Waals surface area contributed by atoms with E-state index in [9.17, 15) is 14.4 Å². The van der Waals surface area contributed by atoms with Gasteiger partial charge in [0, 0.05) is 18.9 Å². The Kier molecular flexibility index (Phi) is 4.14. The molecule has 1 unspecified atom stereocenters. The van der Waals surface area contributed by atoms with Crippen LogP contribution < -0.4 is 4.90 Å². The molecule has 1 N–H and O–H groups in total. The third kappa shape index (κ3) is 2.56. The van der Waals surface area contributed by atoms with Gasteiger partial charge < -0.3 is 4.90 Å². The van der Waals surface area contributed by atoms with E-state index in [-0.39, 0.29) is 6.04 Å². The van der Waals surface area contributed by atoms with Crippen molar-refractivity contribution in [3.05, 3.63) is 22.4 Å². The smallest absolute Gasteiger partial charge is 0.310 e. The van der Waals surface area contributed by atoms with Crippen LogP contribution >= 0.6 is 11.3 Å². The average molecular weight is 348 g/mol. The number of imide groups is 2. The number of nitrogens with one attached hydrogen (secondary N) is 1. The monoisotopic (exact) mass is 348 g/mol. The lowest BCUT2D eigenvalue weighted by Crippen LogP contribution is -3.12. The molecule has 0 radical (unpaired) electrons. The lowest BCUT2D eigenvalue weighted by molar-refractivity contribution is -0.925. The number of urea groups is 1. The quantitative estimate of drug-likeness (QED) is 0.656. The summed E-state index contributed by atoms with van der Waals surface area (Å²) in [6.45, 7) is 1.23. The molecule has 2 atom stereocenters. The zero-order chi connectivity index (χ0) is 16.7. The van der Waals surface area contributed by atoms with E-state index >= 15 is 0 Å². The number of carbonyl (C=O) groups excluding carboxylic acids is 3. The maximum absolute atomic E-state index is 12.7. The summed E-state index contributed by atoms with van der Waals surface area (Å²) >= 11 is 1.72. The second-order valence-corrected chi connectivity index (χ2v) is 7.89. The Labute approximate surface area is 145 Å². The molecular formula is C17H22N3O3S+. The van der Waals surface area contributed by atoms with Gasteiger partial charge in [-0.05, 0) is 24.3 Å². The number of rotatable bonds is 4. The van der Waals surface area contributed by atoms with Gasteiger partial charge in [0.2, 0.25) is 0 Å². The normalized spacial score (nSPS) is 28.6. The fourth-order valence-corrected chi connectivity index (χ4v) is 5.20. The molecule has 1 aliphatic carbocycles. The molecule has 0 spiro atoms. The molecule has 6 nitrogen and oxygen atoms in total. The highest BCUT2D eigenvalue weighted by Gasteiger charge is 2.50. The standard InChI is InChI=1S/C17H21N3O3S/c21-15-16(22)20(12-5-1-2-6-12)17(23)19(15)11-18-9-3-7-13(18)14-8-4-10-24-14/h4,8,10,12-13H,1-3,5-7,9,11H2/p+1/t13-/m0/s1. The van der Waals surface area contributed by atoms with Crippen LogP contribution in [-0.2, 0) is 9.59 Å². The van der Waals surface area contributed by atoms with Crippen LogP contribution in [0.4, 0.5) is 4.79 Å². The van der Waals surface area contributed by atoms with Gasteiger partial charge in [0.15, 0.2) is 6.67 Å². The molecule has 128 valence electrons. The molecule has 4 amide bonds. The van der Waals surface area contributed by atoms with Crippen molar-refractivity contribution in [3.8, 4) is 0 Å². The van der Waals surface area contributed by atoms with E-state index in [1.54, 1.807) is 11.3 Å². The van der Waals surface area contributed by atoms with E-state index in [1.165, 1.54) is 19.6 Å². The highest BCUT2D eigenvalue weighted by molar-refractivity contribution is 7.10. The first kappa shape index (κ1) is 15.8. The number of amides is 4. The number of hydrogen-bond donors (Lipinski definition) is 1. The van der Waals surface area contributed by atoms with Crippen LogP contribution in [0.25, 0.3) is 0 Å². The van der Waals surface area contributed by atoms with Crippen molar-refractivity contribution in [2.45, 2.75) is 50.6 Å². The largest absolute Gasteiger partial charge is 0.338 e. The number of likely N-dealkylation sites (tertiary alicyclic amines) is 1. The van der Waals surface area contributed by atoms with Crippen molar-refractivity contribution < 1.29 is 19.3 Å². The second kappa shape index (κ2) is 6.29. The predicted molar refractivity (Wildman–Crippen MR) is 88.3 cm³/mol. The van der Waals surface area contributed by atoms with Gasteiger partial charge >= 0.3 is 17.8 Å². The van der Waals surface area contributed by atoms with Crippen molar-refractivity contribution in [2.75, 3.05) is 13.2 Å². The van der Waals surface area contributed by atoms with Crippen molar-refractivity contribution >= 4 is 29.2 Å².